The van der Waals surface area contributed by atoms with Crippen molar-refractivity contribution in [3.63, 3.8) is 0 Å². The quantitative estimate of drug-likeness (QED) is 0.812. The summed E-state index contributed by atoms with van der Waals surface area (Å²) in [5.74, 6) is -0.328. The molecule has 0 aliphatic carbocycles. The van der Waals surface area contributed by atoms with Gasteiger partial charge < -0.3 is 20.1 Å². The van der Waals surface area contributed by atoms with Crippen molar-refractivity contribution in [1.82, 2.24) is 10.2 Å². The second-order valence-electron chi connectivity index (χ2n) is 5.27. The molecule has 1 fully saturated rings. The molecule has 0 aromatic heterocycles. The predicted molar refractivity (Wildman–Crippen MR) is 82.0 cm³/mol. The van der Waals surface area contributed by atoms with Crippen LogP contribution in [-0.2, 0) is 9.53 Å². The van der Waals surface area contributed by atoms with Gasteiger partial charge in [-0.15, -0.1) is 0 Å². The summed E-state index contributed by atoms with van der Waals surface area (Å²) < 4.78 is 4.74. The number of nitrogens with zero attached hydrogens (tertiary/aromatic N) is 1. The zero-order valence-electron chi connectivity index (χ0n) is 12.3. The van der Waals surface area contributed by atoms with Gasteiger partial charge in [0.05, 0.1) is 13.5 Å². The molecule has 6 nitrogen and oxygen atoms in total. The Bertz CT molecular complexity index is 552. The molecule has 1 saturated heterocycles. The standard InChI is InChI=1S/C15H19ClN2O4/c1-22-14(19)8-13(10-3-2-4-11(16)7-10)17-12-5-6-18(9-12)15(20)21/h2-4,7,12-13,17H,5-6,8-9H2,1H3,(H,20,21)/t12-,13?/m1/s1. The number of halogens is 1. The lowest BCUT2D eigenvalue weighted by molar-refractivity contribution is -0.141. The number of benzene rings is 1. The summed E-state index contributed by atoms with van der Waals surface area (Å²) in [7, 11) is 1.35. The number of carbonyl (C=O) groups excluding carboxylic acids is 1. The van der Waals surface area contributed by atoms with Crippen molar-refractivity contribution in [1.29, 1.82) is 0 Å². The van der Waals surface area contributed by atoms with E-state index in [1.807, 2.05) is 12.1 Å². The summed E-state index contributed by atoms with van der Waals surface area (Å²) >= 11 is 6.01. The molecule has 0 saturated carbocycles. The average molecular weight is 327 g/mol. The van der Waals surface area contributed by atoms with Gasteiger partial charge in [0.1, 0.15) is 0 Å². The van der Waals surface area contributed by atoms with E-state index >= 15 is 0 Å². The molecule has 0 bridgehead atoms. The van der Waals surface area contributed by atoms with E-state index < -0.39 is 6.09 Å². The fourth-order valence-corrected chi connectivity index (χ4v) is 2.80. The van der Waals surface area contributed by atoms with Crippen LogP contribution in [0.1, 0.15) is 24.4 Å². The van der Waals surface area contributed by atoms with Gasteiger partial charge in [-0.1, -0.05) is 23.7 Å². The molecule has 2 N–H and O–H groups in total. The minimum Gasteiger partial charge on any atom is -0.469 e. The molecular formula is C15H19ClN2O4. The van der Waals surface area contributed by atoms with E-state index in [0.717, 1.165) is 5.56 Å². The summed E-state index contributed by atoms with van der Waals surface area (Å²) in [6, 6.07) is 7.02. The molecule has 120 valence electrons. The van der Waals surface area contributed by atoms with E-state index in [0.29, 0.717) is 24.5 Å². The number of nitrogens with one attached hydrogen (secondary N) is 1. The molecular weight excluding hydrogens is 308 g/mol. The molecule has 1 amide bonds. The van der Waals surface area contributed by atoms with E-state index in [-0.39, 0.29) is 24.5 Å². The van der Waals surface area contributed by atoms with Crippen molar-refractivity contribution in [2.75, 3.05) is 20.2 Å². The maximum atomic E-state index is 11.6. The van der Waals surface area contributed by atoms with Crippen molar-refractivity contribution in [3.8, 4) is 0 Å². The number of methoxy groups -OCH3 is 1. The third-order valence-electron chi connectivity index (χ3n) is 3.75. The number of hydrogen-bond acceptors (Lipinski definition) is 4. The van der Waals surface area contributed by atoms with E-state index in [2.05, 4.69) is 5.32 Å². The molecule has 2 atom stereocenters. The van der Waals surface area contributed by atoms with Gasteiger partial charge in [-0.25, -0.2) is 4.79 Å². The van der Waals surface area contributed by atoms with Crippen LogP contribution in [0.25, 0.3) is 0 Å². The zero-order chi connectivity index (χ0) is 16.1. The number of likely N-dealkylation sites (tertiary alicyclic amines) is 1. The molecule has 1 aliphatic heterocycles. The molecule has 7 heteroatoms. The van der Waals surface area contributed by atoms with Crippen LogP contribution >= 0.6 is 11.6 Å². The van der Waals surface area contributed by atoms with E-state index in [9.17, 15) is 9.59 Å². The van der Waals surface area contributed by atoms with E-state index in [4.69, 9.17) is 21.4 Å². The maximum Gasteiger partial charge on any atom is 0.407 e. The van der Waals surface area contributed by atoms with Crippen LogP contribution in [0, 0.1) is 0 Å². The summed E-state index contributed by atoms with van der Waals surface area (Å²) in [4.78, 5) is 24.0. The first-order valence-corrected chi connectivity index (χ1v) is 7.43. The minimum absolute atomic E-state index is 0.00439. The Morgan fingerprint density at radius 1 is 1.55 bits per heavy atom. The SMILES string of the molecule is COC(=O)CC(N[C@@H]1CCN(C(=O)O)C1)c1cccc(Cl)c1. The van der Waals surface area contributed by atoms with Gasteiger partial charge in [-0.05, 0) is 24.1 Å². The molecule has 1 aromatic rings. The summed E-state index contributed by atoms with van der Waals surface area (Å²) in [5.41, 5.74) is 0.881. The number of amides is 1. The Morgan fingerprint density at radius 2 is 2.32 bits per heavy atom. The van der Waals surface area contributed by atoms with Gasteiger partial charge in [-0.2, -0.15) is 0 Å². The number of carboxylic acid groups (broad SMARTS) is 1. The maximum absolute atomic E-state index is 11.6. The van der Waals surface area contributed by atoms with Crippen molar-refractivity contribution in [2.45, 2.75) is 24.9 Å². The first kappa shape index (κ1) is 16.6. The van der Waals surface area contributed by atoms with Crippen molar-refractivity contribution in [2.24, 2.45) is 0 Å². The Morgan fingerprint density at radius 3 is 2.91 bits per heavy atom. The lowest BCUT2D eigenvalue weighted by Crippen LogP contribution is -2.37. The van der Waals surface area contributed by atoms with Gasteiger partial charge in [0.2, 0.25) is 0 Å². The Balaban J connectivity index is 2.08. The Kier molecular flexibility index (Phi) is 5.63. The second-order valence-corrected chi connectivity index (χ2v) is 5.71. The van der Waals surface area contributed by atoms with Gasteiger partial charge in [0.15, 0.2) is 0 Å². The zero-order valence-corrected chi connectivity index (χ0v) is 13.0. The van der Waals surface area contributed by atoms with Gasteiger partial charge in [0.25, 0.3) is 0 Å². The number of esters is 1. The van der Waals surface area contributed by atoms with Crippen molar-refractivity contribution < 1.29 is 19.4 Å². The highest BCUT2D eigenvalue weighted by atomic mass is 35.5. The van der Waals surface area contributed by atoms with Crippen LogP contribution in [0.2, 0.25) is 5.02 Å². The van der Waals surface area contributed by atoms with Gasteiger partial charge in [-0.3, -0.25) is 4.79 Å². The van der Waals surface area contributed by atoms with E-state index in [1.165, 1.54) is 12.0 Å². The number of carbonyl (C=O) groups is 2. The first-order chi connectivity index (χ1) is 10.5. The monoisotopic (exact) mass is 326 g/mol. The normalized spacial score (nSPS) is 19.0. The lowest BCUT2D eigenvalue weighted by atomic mass is 10.0. The first-order valence-electron chi connectivity index (χ1n) is 7.05. The van der Waals surface area contributed by atoms with Gasteiger partial charge in [0, 0.05) is 30.2 Å². The number of hydrogen-bond donors (Lipinski definition) is 2. The van der Waals surface area contributed by atoms with Crippen molar-refractivity contribution >= 4 is 23.7 Å². The second kappa shape index (κ2) is 7.47. The van der Waals surface area contributed by atoms with E-state index in [1.54, 1.807) is 12.1 Å². The molecule has 1 aromatic carbocycles. The largest absolute Gasteiger partial charge is 0.469 e. The fraction of sp³-hybridized carbons (Fsp3) is 0.467. The third-order valence-corrected chi connectivity index (χ3v) is 3.98. The van der Waals surface area contributed by atoms with Gasteiger partial charge >= 0.3 is 12.1 Å². The third kappa shape index (κ3) is 4.35. The fourth-order valence-electron chi connectivity index (χ4n) is 2.60. The molecule has 0 spiro atoms. The molecule has 1 aliphatic rings. The number of ether oxygens (including phenoxy) is 1. The Hall–Kier alpha value is -1.79. The summed E-state index contributed by atoms with van der Waals surface area (Å²) in [6.07, 6.45) is -0.0399. The van der Waals surface area contributed by atoms with Crippen molar-refractivity contribution in [3.05, 3.63) is 34.9 Å². The minimum atomic E-state index is -0.920. The number of rotatable bonds is 5. The average Bonchev–Trinajstić information content (AvgIpc) is 2.95. The smallest absolute Gasteiger partial charge is 0.407 e. The Labute approximate surface area is 134 Å². The molecule has 0 radical (unpaired) electrons. The molecule has 22 heavy (non-hydrogen) atoms. The van der Waals surface area contributed by atoms with Crippen LogP contribution in [0.4, 0.5) is 4.79 Å². The highest BCUT2D eigenvalue weighted by molar-refractivity contribution is 6.30. The molecule has 2 rings (SSSR count). The predicted octanol–water partition coefficient (Wildman–Crippen LogP) is 2.29. The lowest BCUT2D eigenvalue weighted by Gasteiger charge is -2.23. The van der Waals surface area contributed by atoms with Crippen LogP contribution in [0.5, 0.6) is 0 Å². The highest BCUT2D eigenvalue weighted by Crippen LogP contribution is 2.23. The molecule has 1 heterocycles. The van der Waals surface area contributed by atoms with Crippen LogP contribution in [0.3, 0.4) is 0 Å². The summed E-state index contributed by atoms with van der Waals surface area (Å²) in [5, 5.41) is 12.9. The summed E-state index contributed by atoms with van der Waals surface area (Å²) in [6.45, 7) is 0.904. The van der Waals surface area contributed by atoms with Crippen LogP contribution in [0.15, 0.2) is 24.3 Å². The van der Waals surface area contributed by atoms with Crippen LogP contribution < -0.4 is 5.32 Å². The highest BCUT2D eigenvalue weighted by Gasteiger charge is 2.28. The molecule has 1 unspecified atom stereocenters. The van der Waals surface area contributed by atoms with Crippen LogP contribution in [-0.4, -0.2) is 48.3 Å². The topological polar surface area (TPSA) is 78.9 Å².